The molecule has 1 aliphatic rings. The highest BCUT2D eigenvalue weighted by Crippen LogP contribution is 2.23. The molecule has 0 aliphatic carbocycles. The standard InChI is InChI=1S/C13H15F3N2O2/c1-9-8-17-6-7-18(9)12(19)10-2-4-11(5-3-10)20-13(14,15)16/h2-5,9,17H,6-8H2,1H3. The molecular formula is C13H15F3N2O2. The van der Waals surface area contributed by atoms with Crippen LogP contribution in [0.2, 0.25) is 0 Å². The zero-order valence-electron chi connectivity index (χ0n) is 10.9. The van der Waals surface area contributed by atoms with Crippen LogP contribution in [0.4, 0.5) is 13.2 Å². The summed E-state index contributed by atoms with van der Waals surface area (Å²) in [6, 6.07) is 5.04. The molecule has 1 aromatic carbocycles. The maximum atomic E-state index is 12.2. The number of ether oxygens (including phenoxy) is 1. The quantitative estimate of drug-likeness (QED) is 0.905. The van der Waals surface area contributed by atoms with E-state index in [0.29, 0.717) is 25.2 Å². The van der Waals surface area contributed by atoms with E-state index in [9.17, 15) is 18.0 Å². The number of amides is 1. The van der Waals surface area contributed by atoms with E-state index in [-0.39, 0.29) is 17.7 Å². The minimum atomic E-state index is -4.72. The molecule has 1 aliphatic heterocycles. The molecular weight excluding hydrogens is 273 g/mol. The van der Waals surface area contributed by atoms with Gasteiger partial charge in [0, 0.05) is 31.2 Å². The third-order valence-electron chi connectivity index (χ3n) is 3.10. The lowest BCUT2D eigenvalue weighted by Crippen LogP contribution is -2.52. The molecule has 1 atom stereocenters. The van der Waals surface area contributed by atoms with Gasteiger partial charge < -0.3 is 15.0 Å². The fraction of sp³-hybridized carbons (Fsp3) is 0.462. The lowest BCUT2D eigenvalue weighted by molar-refractivity contribution is -0.274. The summed E-state index contributed by atoms with van der Waals surface area (Å²) in [6.45, 7) is 3.93. The van der Waals surface area contributed by atoms with Crippen LogP contribution in [0.15, 0.2) is 24.3 Å². The van der Waals surface area contributed by atoms with Crippen LogP contribution in [-0.2, 0) is 0 Å². The number of benzene rings is 1. The number of nitrogens with zero attached hydrogens (tertiary/aromatic N) is 1. The van der Waals surface area contributed by atoms with Crippen LogP contribution < -0.4 is 10.1 Å². The first-order chi connectivity index (χ1) is 9.37. The van der Waals surface area contributed by atoms with Crippen molar-refractivity contribution in [2.45, 2.75) is 19.3 Å². The topological polar surface area (TPSA) is 41.6 Å². The van der Waals surface area contributed by atoms with Crippen LogP contribution in [0.1, 0.15) is 17.3 Å². The smallest absolute Gasteiger partial charge is 0.406 e. The summed E-state index contributed by atoms with van der Waals surface area (Å²) in [7, 11) is 0. The molecule has 0 radical (unpaired) electrons. The van der Waals surface area contributed by atoms with Crippen molar-refractivity contribution in [3.8, 4) is 5.75 Å². The Labute approximate surface area is 114 Å². The van der Waals surface area contributed by atoms with Gasteiger partial charge in [-0.1, -0.05) is 0 Å². The molecule has 20 heavy (non-hydrogen) atoms. The second kappa shape index (κ2) is 5.70. The molecule has 4 nitrogen and oxygen atoms in total. The Morgan fingerprint density at radius 1 is 1.35 bits per heavy atom. The highest BCUT2D eigenvalue weighted by Gasteiger charge is 2.31. The van der Waals surface area contributed by atoms with Gasteiger partial charge in [-0.05, 0) is 31.2 Å². The molecule has 1 aromatic rings. The number of hydrogen-bond donors (Lipinski definition) is 1. The van der Waals surface area contributed by atoms with E-state index < -0.39 is 6.36 Å². The Hall–Kier alpha value is -1.76. The van der Waals surface area contributed by atoms with Crippen LogP contribution in [0, 0.1) is 0 Å². The Morgan fingerprint density at radius 3 is 2.55 bits per heavy atom. The molecule has 1 amide bonds. The second-order valence-electron chi connectivity index (χ2n) is 4.62. The molecule has 1 fully saturated rings. The summed E-state index contributed by atoms with van der Waals surface area (Å²) in [5, 5.41) is 3.17. The molecule has 1 saturated heterocycles. The van der Waals surface area contributed by atoms with E-state index in [0.717, 1.165) is 12.1 Å². The number of piperazine rings is 1. The van der Waals surface area contributed by atoms with Crippen LogP contribution in [0.3, 0.4) is 0 Å². The average Bonchev–Trinajstić information content (AvgIpc) is 2.37. The Bertz CT molecular complexity index is 473. The van der Waals surface area contributed by atoms with Gasteiger partial charge in [0.25, 0.3) is 5.91 Å². The third kappa shape index (κ3) is 3.63. The summed E-state index contributed by atoms with van der Waals surface area (Å²) in [4.78, 5) is 13.9. The van der Waals surface area contributed by atoms with E-state index >= 15 is 0 Å². The summed E-state index contributed by atoms with van der Waals surface area (Å²) in [6.07, 6.45) is -4.72. The SMILES string of the molecule is CC1CNCCN1C(=O)c1ccc(OC(F)(F)F)cc1. The molecule has 110 valence electrons. The molecule has 0 spiro atoms. The highest BCUT2D eigenvalue weighted by atomic mass is 19.4. The minimum Gasteiger partial charge on any atom is -0.406 e. The van der Waals surface area contributed by atoms with Gasteiger partial charge >= 0.3 is 6.36 Å². The van der Waals surface area contributed by atoms with E-state index in [4.69, 9.17) is 0 Å². The van der Waals surface area contributed by atoms with Gasteiger partial charge in [-0.2, -0.15) is 0 Å². The molecule has 0 bridgehead atoms. The summed E-state index contributed by atoms with van der Waals surface area (Å²) < 4.78 is 39.9. The molecule has 1 N–H and O–H groups in total. The van der Waals surface area contributed by atoms with Crippen molar-refractivity contribution < 1.29 is 22.7 Å². The molecule has 7 heteroatoms. The lowest BCUT2D eigenvalue weighted by Gasteiger charge is -2.34. The number of carbonyl (C=O) groups is 1. The predicted octanol–water partition coefficient (Wildman–Crippen LogP) is 2.02. The first-order valence-corrected chi connectivity index (χ1v) is 6.24. The first kappa shape index (κ1) is 14.6. The van der Waals surface area contributed by atoms with Gasteiger partial charge in [0.2, 0.25) is 0 Å². The molecule has 1 unspecified atom stereocenters. The van der Waals surface area contributed by atoms with Gasteiger partial charge in [-0.15, -0.1) is 13.2 Å². The van der Waals surface area contributed by atoms with Crippen LogP contribution in [-0.4, -0.2) is 42.8 Å². The van der Waals surface area contributed by atoms with Crippen molar-refractivity contribution in [1.82, 2.24) is 10.2 Å². The predicted molar refractivity (Wildman–Crippen MR) is 66.5 cm³/mol. The molecule has 0 aromatic heterocycles. The van der Waals surface area contributed by atoms with Crippen molar-refractivity contribution >= 4 is 5.91 Å². The van der Waals surface area contributed by atoms with Gasteiger partial charge in [0.1, 0.15) is 5.75 Å². The summed E-state index contributed by atoms with van der Waals surface area (Å²) in [5.74, 6) is -0.514. The molecule has 1 heterocycles. The van der Waals surface area contributed by atoms with Crippen LogP contribution >= 0.6 is 0 Å². The van der Waals surface area contributed by atoms with Gasteiger partial charge in [-0.25, -0.2) is 0 Å². The van der Waals surface area contributed by atoms with Crippen LogP contribution in [0.25, 0.3) is 0 Å². The number of nitrogens with one attached hydrogen (secondary N) is 1. The zero-order chi connectivity index (χ0) is 14.8. The molecule has 0 saturated carbocycles. The van der Waals surface area contributed by atoms with Gasteiger partial charge in [-0.3, -0.25) is 4.79 Å². The van der Waals surface area contributed by atoms with Gasteiger partial charge in [0.15, 0.2) is 0 Å². The van der Waals surface area contributed by atoms with Crippen molar-refractivity contribution in [2.75, 3.05) is 19.6 Å². The number of rotatable bonds is 2. The minimum absolute atomic E-state index is 0.0577. The monoisotopic (exact) mass is 288 g/mol. The summed E-state index contributed by atoms with van der Waals surface area (Å²) >= 11 is 0. The van der Waals surface area contributed by atoms with Crippen LogP contribution in [0.5, 0.6) is 5.75 Å². The fourth-order valence-corrected chi connectivity index (χ4v) is 2.11. The van der Waals surface area contributed by atoms with Crippen molar-refractivity contribution in [3.63, 3.8) is 0 Å². The maximum Gasteiger partial charge on any atom is 0.573 e. The lowest BCUT2D eigenvalue weighted by atomic mass is 10.1. The normalized spacial score (nSPS) is 19.8. The van der Waals surface area contributed by atoms with Crippen molar-refractivity contribution in [3.05, 3.63) is 29.8 Å². The third-order valence-corrected chi connectivity index (χ3v) is 3.10. The Morgan fingerprint density at radius 2 is 2.00 bits per heavy atom. The number of carbonyl (C=O) groups excluding carboxylic acids is 1. The van der Waals surface area contributed by atoms with E-state index in [1.807, 2.05) is 6.92 Å². The number of alkyl halides is 3. The van der Waals surface area contributed by atoms with Crippen molar-refractivity contribution in [2.24, 2.45) is 0 Å². The van der Waals surface area contributed by atoms with E-state index in [1.54, 1.807) is 4.90 Å². The largest absolute Gasteiger partial charge is 0.573 e. The fourth-order valence-electron chi connectivity index (χ4n) is 2.11. The van der Waals surface area contributed by atoms with Crippen molar-refractivity contribution in [1.29, 1.82) is 0 Å². The Kier molecular flexibility index (Phi) is 4.17. The number of hydrogen-bond acceptors (Lipinski definition) is 3. The zero-order valence-corrected chi connectivity index (χ0v) is 10.9. The second-order valence-corrected chi connectivity index (χ2v) is 4.62. The van der Waals surface area contributed by atoms with E-state index in [2.05, 4.69) is 10.1 Å². The Balaban J connectivity index is 2.07. The summed E-state index contributed by atoms with van der Waals surface area (Å²) in [5.41, 5.74) is 0.355. The average molecular weight is 288 g/mol. The number of halogens is 3. The first-order valence-electron chi connectivity index (χ1n) is 6.24. The van der Waals surface area contributed by atoms with E-state index in [1.165, 1.54) is 12.1 Å². The maximum absolute atomic E-state index is 12.2. The van der Waals surface area contributed by atoms with Gasteiger partial charge in [0.05, 0.1) is 0 Å². The molecule has 2 rings (SSSR count). The highest BCUT2D eigenvalue weighted by molar-refractivity contribution is 5.94.